The molecule has 2 aromatic heterocycles. The Morgan fingerprint density at radius 3 is 3.00 bits per heavy atom. The summed E-state index contributed by atoms with van der Waals surface area (Å²) in [5.41, 5.74) is 0. The van der Waals surface area contributed by atoms with Crippen LogP contribution in [0.15, 0.2) is 24.4 Å². The van der Waals surface area contributed by atoms with Gasteiger partial charge in [-0.25, -0.2) is 4.98 Å². The van der Waals surface area contributed by atoms with Gasteiger partial charge in [0.1, 0.15) is 10.8 Å². The maximum Gasteiger partial charge on any atom is 0.211 e. The van der Waals surface area contributed by atoms with Crippen LogP contribution in [0.5, 0.6) is 0 Å². The van der Waals surface area contributed by atoms with Crippen molar-refractivity contribution in [3.05, 3.63) is 29.4 Å². The molecule has 78 valence electrons. The summed E-state index contributed by atoms with van der Waals surface area (Å²) in [6, 6.07) is 5.66. The van der Waals surface area contributed by atoms with Crippen LogP contribution in [0, 0.1) is 0 Å². The molecule has 0 radical (unpaired) electrons. The predicted octanol–water partition coefficient (Wildman–Crippen LogP) is 2.46. The molecule has 2 aromatic rings. The highest BCUT2D eigenvalue weighted by Gasteiger charge is 2.03. The standard InChI is InChI=1S/C9H9ClN4S/c10-5-4-8-13-14-9(15-8)12-7-3-1-2-6-11-7/h1-3,6H,4-5H2,(H,11,12,14). The SMILES string of the molecule is ClCCc1nnc(Nc2ccccn2)s1. The first-order valence-electron chi connectivity index (χ1n) is 4.45. The maximum atomic E-state index is 5.61. The summed E-state index contributed by atoms with van der Waals surface area (Å²) in [6.07, 6.45) is 2.48. The van der Waals surface area contributed by atoms with Crippen molar-refractivity contribution >= 4 is 33.9 Å². The normalized spacial score (nSPS) is 10.2. The van der Waals surface area contributed by atoms with Crippen LogP contribution in [0.25, 0.3) is 0 Å². The number of nitrogens with one attached hydrogen (secondary N) is 1. The van der Waals surface area contributed by atoms with Gasteiger partial charge in [0.25, 0.3) is 0 Å². The minimum atomic E-state index is 0.568. The van der Waals surface area contributed by atoms with E-state index in [-0.39, 0.29) is 0 Å². The van der Waals surface area contributed by atoms with Crippen LogP contribution in [0.2, 0.25) is 0 Å². The van der Waals surface area contributed by atoms with Crippen molar-refractivity contribution in [3.8, 4) is 0 Å². The molecule has 4 nitrogen and oxygen atoms in total. The molecule has 0 fully saturated rings. The second-order valence-corrected chi connectivity index (χ2v) is 4.22. The number of hydrogen-bond acceptors (Lipinski definition) is 5. The molecule has 0 amide bonds. The van der Waals surface area contributed by atoms with E-state index in [1.165, 1.54) is 11.3 Å². The van der Waals surface area contributed by atoms with Gasteiger partial charge < -0.3 is 5.32 Å². The van der Waals surface area contributed by atoms with Crippen LogP contribution in [0.1, 0.15) is 5.01 Å². The van der Waals surface area contributed by atoms with E-state index in [4.69, 9.17) is 11.6 Å². The fourth-order valence-electron chi connectivity index (χ4n) is 1.03. The lowest BCUT2D eigenvalue weighted by molar-refractivity contribution is 0.988. The third-order valence-corrected chi connectivity index (χ3v) is 2.76. The van der Waals surface area contributed by atoms with Gasteiger partial charge in [-0.1, -0.05) is 17.4 Å². The molecule has 0 atom stereocenters. The van der Waals surface area contributed by atoms with Crippen LogP contribution in [-0.4, -0.2) is 21.1 Å². The molecule has 2 heterocycles. The summed E-state index contributed by atoms with van der Waals surface area (Å²) in [7, 11) is 0. The lowest BCUT2D eigenvalue weighted by atomic mass is 10.5. The molecule has 0 aromatic carbocycles. The average molecular weight is 241 g/mol. The molecule has 0 saturated heterocycles. The Balaban J connectivity index is 2.05. The molecule has 0 aliphatic carbocycles. The molecule has 0 saturated carbocycles. The zero-order valence-electron chi connectivity index (χ0n) is 7.85. The Hall–Kier alpha value is -1.20. The van der Waals surface area contributed by atoms with Gasteiger partial charge in [0.15, 0.2) is 0 Å². The summed E-state index contributed by atoms with van der Waals surface area (Å²) in [5, 5.41) is 12.7. The summed E-state index contributed by atoms with van der Waals surface area (Å²) < 4.78 is 0. The van der Waals surface area contributed by atoms with Crippen molar-refractivity contribution < 1.29 is 0 Å². The van der Waals surface area contributed by atoms with Crippen LogP contribution in [0.3, 0.4) is 0 Å². The van der Waals surface area contributed by atoms with Gasteiger partial charge in [0, 0.05) is 18.5 Å². The summed E-state index contributed by atoms with van der Waals surface area (Å²) in [6.45, 7) is 0. The molecule has 0 spiro atoms. The molecule has 2 rings (SSSR count). The van der Waals surface area contributed by atoms with Gasteiger partial charge in [-0.15, -0.1) is 21.8 Å². The number of nitrogens with zero attached hydrogens (tertiary/aromatic N) is 3. The lowest BCUT2D eigenvalue weighted by Crippen LogP contribution is -1.91. The predicted molar refractivity (Wildman–Crippen MR) is 61.9 cm³/mol. The highest BCUT2D eigenvalue weighted by Crippen LogP contribution is 2.19. The van der Waals surface area contributed by atoms with E-state index in [9.17, 15) is 0 Å². The van der Waals surface area contributed by atoms with Crippen molar-refractivity contribution in [3.63, 3.8) is 0 Å². The van der Waals surface area contributed by atoms with E-state index in [2.05, 4.69) is 20.5 Å². The Bertz CT molecular complexity index is 417. The van der Waals surface area contributed by atoms with E-state index >= 15 is 0 Å². The highest BCUT2D eigenvalue weighted by atomic mass is 35.5. The van der Waals surface area contributed by atoms with Crippen molar-refractivity contribution in [2.45, 2.75) is 6.42 Å². The maximum absolute atomic E-state index is 5.61. The number of pyridine rings is 1. The first-order valence-corrected chi connectivity index (χ1v) is 5.80. The molecular formula is C9H9ClN4S. The zero-order chi connectivity index (χ0) is 10.5. The zero-order valence-corrected chi connectivity index (χ0v) is 9.42. The molecule has 1 N–H and O–H groups in total. The minimum Gasteiger partial charge on any atom is -0.315 e. The van der Waals surface area contributed by atoms with Crippen LogP contribution in [0.4, 0.5) is 10.9 Å². The summed E-state index contributed by atoms with van der Waals surface area (Å²) >= 11 is 7.11. The monoisotopic (exact) mass is 240 g/mol. The first-order chi connectivity index (χ1) is 7.38. The van der Waals surface area contributed by atoms with Gasteiger partial charge in [0.05, 0.1) is 0 Å². The van der Waals surface area contributed by atoms with Crippen molar-refractivity contribution in [1.29, 1.82) is 0 Å². The molecule has 0 bridgehead atoms. The van der Waals surface area contributed by atoms with E-state index < -0.39 is 0 Å². The molecule has 0 aliphatic rings. The third-order valence-electron chi connectivity index (χ3n) is 1.68. The summed E-state index contributed by atoms with van der Waals surface area (Å²) in [4.78, 5) is 4.13. The van der Waals surface area contributed by atoms with E-state index in [1.807, 2.05) is 18.2 Å². The topological polar surface area (TPSA) is 50.7 Å². The van der Waals surface area contributed by atoms with Gasteiger partial charge in [-0.05, 0) is 12.1 Å². The Morgan fingerprint density at radius 1 is 1.33 bits per heavy atom. The van der Waals surface area contributed by atoms with E-state index in [0.29, 0.717) is 5.88 Å². The Labute approximate surface area is 96.3 Å². The van der Waals surface area contributed by atoms with Crippen molar-refractivity contribution in [1.82, 2.24) is 15.2 Å². The largest absolute Gasteiger partial charge is 0.315 e. The van der Waals surface area contributed by atoms with Crippen LogP contribution >= 0.6 is 22.9 Å². The number of aryl methyl sites for hydroxylation is 1. The minimum absolute atomic E-state index is 0.568. The smallest absolute Gasteiger partial charge is 0.211 e. The number of hydrogen-bond donors (Lipinski definition) is 1. The van der Waals surface area contributed by atoms with Crippen LogP contribution < -0.4 is 5.32 Å². The second-order valence-electron chi connectivity index (χ2n) is 2.78. The number of anilines is 2. The van der Waals surface area contributed by atoms with Gasteiger partial charge in [-0.2, -0.15) is 0 Å². The van der Waals surface area contributed by atoms with E-state index in [0.717, 1.165) is 22.4 Å². The fourth-order valence-corrected chi connectivity index (χ4v) is 2.07. The molecule has 0 unspecified atom stereocenters. The molecule has 15 heavy (non-hydrogen) atoms. The number of halogens is 1. The number of alkyl halides is 1. The fraction of sp³-hybridized carbons (Fsp3) is 0.222. The van der Waals surface area contributed by atoms with E-state index in [1.54, 1.807) is 6.20 Å². The Morgan fingerprint density at radius 2 is 2.27 bits per heavy atom. The summed E-state index contributed by atoms with van der Waals surface area (Å²) in [5.74, 6) is 1.34. The Kier molecular flexibility index (Phi) is 3.47. The third kappa shape index (κ3) is 2.87. The first kappa shape index (κ1) is 10.3. The average Bonchev–Trinajstić information content (AvgIpc) is 2.68. The molecule has 6 heteroatoms. The van der Waals surface area contributed by atoms with Crippen molar-refractivity contribution in [2.24, 2.45) is 0 Å². The molecular weight excluding hydrogens is 232 g/mol. The van der Waals surface area contributed by atoms with Gasteiger partial charge >= 0.3 is 0 Å². The second kappa shape index (κ2) is 5.04. The number of rotatable bonds is 4. The van der Waals surface area contributed by atoms with Gasteiger partial charge in [-0.3, -0.25) is 0 Å². The lowest BCUT2D eigenvalue weighted by Gasteiger charge is -1.97. The number of aromatic nitrogens is 3. The molecule has 0 aliphatic heterocycles. The van der Waals surface area contributed by atoms with Crippen molar-refractivity contribution in [2.75, 3.05) is 11.2 Å². The quantitative estimate of drug-likeness (QED) is 0.835. The van der Waals surface area contributed by atoms with Crippen LogP contribution in [-0.2, 0) is 6.42 Å². The highest BCUT2D eigenvalue weighted by molar-refractivity contribution is 7.15. The van der Waals surface area contributed by atoms with Gasteiger partial charge in [0.2, 0.25) is 5.13 Å².